The molecule has 0 unspecified atom stereocenters. The molecule has 23 heteroatoms. The standard InChI is InChI=1S/C52H63N5O18/c1-11-52(28-73-49(64)53-38-16-12-15-37(34(38)8)27-43(58)67-21-22-68-44(59)31(2)3,29-74-50(65)56-41-19-13-17-39(35(41)9)54-47(62)71-25-23-69-45(60)32(4)5)30-75-51(66)57-42-20-14-18-40(36(42)10)55-48(63)72-26-24-70-46(61)33(6)7/h12-20H,2,4,6,11,21-30H2,1,3,5,7-10H3,(H,53,64)(H,54,62)(H,55,63)(H,56,65)(H,57,66). The molecule has 0 spiro atoms. The lowest BCUT2D eigenvalue weighted by molar-refractivity contribution is -0.149. The van der Waals surface area contributed by atoms with Crippen LogP contribution in [-0.4, -0.2) is 114 Å². The van der Waals surface area contributed by atoms with Crippen molar-refractivity contribution in [3.63, 3.8) is 0 Å². The van der Waals surface area contributed by atoms with Crippen molar-refractivity contribution in [2.24, 2.45) is 5.41 Å². The first-order valence-corrected chi connectivity index (χ1v) is 23.1. The van der Waals surface area contributed by atoms with Gasteiger partial charge >= 0.3 is 54.3 Å². The Labute approximate surface area is 433 Å². The van der Waals surface area contributed by atoms with Crippen LogP contribution in [0.3, 0.4) is 0 Å². The van der Waals surface area contributed by atoms with Crippen molar-refractivity contribution in [3.8, 4) is 0 Å². The molecule has 404 valence electrons. The number of ether oxygens (including phenoxy) is 9. The lowest BCUT2D eigenvalue weighted by Gasteiger charge is -2.31. The van der Waals surface area contributed by atoms with Crippen LogP contribution in [0, 0.1) is 26.2 Å². The number of rotatable bonds is 26. The molecule has 0 radical (unpaired) electrons. The second kappa shape index (κ2) is 30.2. The summed E-state index contributed by atoms with van der Waals surface area (Å²) in [6, 6.07) is 14.1. The fraction of sp³-hybridized carbons (Fsp3) is 0.365. The summed E-state index contributed by atoms with van der Waals surface area (Å²) in [4.78, 5) is 113. The Morgan fingerprint density at radius 1 is 0.413 bits per heavy atom. The first-order valence-electron chi connectivity index (χ1n) is 23.1. The smallest absolute Gasteiger partial charge is 0.411 e. The third kappa shape index (κ3) is 21.0. The van der Waals surface area contributed by atoms with Gasteiger partial charge in [0.25, 0.3) is 0 Å². The van der Waals surface area contributed by atoms with Gasteiger partial charge in [0.15, 0.2) is 0 Å². The van der Waals surface area contributed by atoms with Gasteiger partial charge in [-0.1, -0.05) is 50.9 Å². The Morgan fingerprint density at radius 2 is 0.693 bits per heavy atom. The zero-order chi connectivity index (χ0) is 55.7. The molecule has 23 nitrogen and oxygen atoms in total. The van der Waals surface area contributed by atoms with E-state index in [1.54, 1.807) is 82.3 Å². The summed E-state index contributed by atoms with van der Waals surface area (Å²) in [6.45, 7) is 18.8. The lowest BCUT2D eigenvalue weighted by Crippen LogP contribution is -2.40. The average molecular weight is 1050 g/mol. The van der Waals surface area contributed by atoms with E-state index in [1.807, 2.05) is 0 Å². The van der Waals surface area contributed by atoms with Crippen LogP contribution >= 0.6 is 0 Å². The molecule has 3 aromatic rings. The predicted octanol–water partition coefficient (Wildman–Crippen LogP) is 8.59. The highest BCUT2D eigenvalue weighted by Crippen LogP contribution is 2.29. The van der Waals surface area contributed by atoms with Gasteiger partial charge in [0.1, 0.15) is 59.5 Å². The fourth-order valence-electron chi connectivity index (χ4n) is 6.04. The van der Waals surface area contributed by atoms with E-state index in [-0.39, 0.29) is 92.0 Å². The van der Waals surface area contributed by atoms with E-state index in [9.17, 15) is 43.2 Å². The Balaban J connectivity index is 1.73. The van der Waals surface area contributed by atoms with Gasteiger partial charge in [0.2, 0.25) is 0 Å². The lowest BCUT2D eigenvalue weighted by atomic mass is 9.88. The van der Waals surface area contributed by atoms with Gasteiger partial charge in [-0.25, -0.2) is 38.4 Å². The summed E-state index contributed by atoms with van der Waals surface area (Å²) >= 11 is 0. The molecule has 0 saturated carbocycles. The molecule has 3 aromatic carbocycles. The second-order valence-corrected chi connectivity index (χ2v) is 16.7. The monoisotopic (exact) mass is 1050 g/mol. The summed E-state index contributed by atoms with van der Waals surface area (Å²) in [6.07, 6.45) is -4.65. The second-order valence-electron chi connectivity index (χ2n) is 16.7. The van der Waals surface area contributed by atoms with Gasteiger partial charge in [-0.2, -0.15) is 0 Å². The van der Waals surface area contributed by atoms with Crippen molar-refractivity contribution in [1.82, 2.24) is 0 Å². The van der Waals surface area contributed by atoms with Gasteiger partial charge in [-0.05, 0) is 101 Å². The van der Waals surface area contributed by atoms with E-state index in [2.05, 4.69) is 46.3 Å². The summed E-state index contributed by atoms with van der Waals surface area (Å²) in [5.74, 6) is -2.50. The number of benzene rings is 3. The van der Waals surface area contributed by atoms with E-state index < -0.39 is 79.6 Å². The van der Waals surface area contributed by atoms with Crippen LogP contribution in [0.15, 0.2) is 91.1 Å². The van der Waals surface area contributed by atoms with E-state index in [1.165, 1.54) is 20.8 Å². The van der Waals surface area contributed by atoms with Crippen molar-refractivity contribution in [3.05, 3.63) is 113 Å². The van der Waals surface area contributed by atoms with Crippen molar-refractivity contribution >= 4 is 82.8 Å². The number of anilines is 5. The molecule has 0 aliphatic carbocycles. The largest absolute Gasteiger partial charge is 0.462 e. The predicted molar refractivity (Wildman–Crippen MR) is 273 cm³/mol. The number of carbonyl (C=O) groups is 9. The molecule has 3 rings (SSSR count). The van der Waals surface area contributed by atoms with Gasteiger partial charge < -0.3 is 42.6 Å². The average Bonchev–Trinajstić information content (AvgIpc) is 3.36. The van der Waals surface area contributed by atoms with Crippen LogP contribution < -0.4 is 26.6 Å². The van der Waals surface area contributed by atoms with Crippen LogP contribution in [0.5, 0.6) is 0 Å². The van der Waals surface area contributed by atoms with Crippen molar-refractivity contribution in [1.29, 1.82) is 0 Å². The van der Waals surface area contributed by atoms with Crippen LogP contribution in [-0.2, 0) is 68.2 Å². The van der Waals surface area contributed by atoms with Gasteiger partial charge in [0, 0.05) is 45.2 Å². The molecule has 0 atom stereocenters. The maximum absolute atomic E-state index is 13.4. The molecule has 5 amide bonds. The molecule has 0 aromatic heterocycles. The van der Waals surface area contributed by atoms with Gasteiger partial charge in [-0.15, -0.1) is 0 Å². The Hall–Kier alpha value is -8.89. The fourth-order valence-corrected chi connectivity index (χ4v) is 6.04. The Morgan fingerprint density at radius 3 is 1.01 bits per heavy atom. The highest BCUT2D eigenvalue weighted by Gasteiger charge is 2.35. The molecule has 5 N–H and O–H groups in total. The molecule has 0 aliphatic rings. The summed E-state index contributed by atoms with van der Waals surface area (Å²) in [5, 5.41) is 13.0. The number of hydrogen-bond donors (Lipinski definition) is 5. The molecule has 75 heavy (non-hydrogen) atoms. The highest BCUT2D eigenvalue weighted by molar-refractivity contribution is 5.93. The minimum absolute atomic E-state index is 0.115. The van der Waals surface area contributed by atoms with Crippen molar-refractivity contribution in [2.75, 3.05) is 86.0 Å². The van der Waals surface area contributed by atoms with Crippen LogP contribution in [0.4, 0.5) is 52.4 Å². The number of amides is 5. The molecule has 0 fully saturated rings. The Bertz CT molecular complexity index is 2350. The van der Waals surface area contributed by atoms with Crippen molar-refractivity contribution < 1.29 is 85.8 Å². The normalized spacial score (nSPS) is 10.5. The minimum atomic E-state index is -1.37. The zero-order valence-electron chi connectivity index (χ0n) is 42.9. The van der Waals surface area contributed by atoms with E-state index >= 15 is 0 Å². The molecule has 0 heterocycles. The summed E-state index contributed by atoms with van der Waals surface area (Å²) in [5.41, 5.74) is 2.37. The number of hydrogen-bond acceptors (Lipinski definition) is 18. The maximum atomic E-state index is 13.4. The van der Waals surface area contributed by atoms with Gasteiger partial charge in [-0.3, -0.25) is 31.4 Å². The number of esters is 4. The molecule has 0 saturated heterocycles. The van der Waals surface area contributed by atoms with E-state index in [4.69, 9.17) is 42.6 Å². The van der Waals surface area contributed by atoms with E-state index in [0.29, 0.717) is 27.9 Å². The molecular weight excluding hydrogens is 983 g/mol. The van der Waals surface area contributed by atoms with Crippen LogP contribution in [0.1, 0.15) is 56.4 Å². The first-order chi connectivity index (χ1) is 35.5. The van der Waals surface area contributed by atoms with Gasteiger partial charge in [0.05, 0.1) is 11.8 Å². The van der Waals surface area contributed by atoms with E-state index in [0.717, 1.165) is 0 Å². The summed E-state index contributed by atoms with van der Waals surface area (Å²) < 4.78 is 47.1. The summed E-state index contributed by atoms with van der Waals surface area (Å²) in [7, 11) is 0. The molecule has 0 aliphatic heterocycles. The third-order valence-electron chi connectivity index (χ3n) is 10.6. The molecular formula is C52H63N5O18. The Kier molecular flexibility index (Phi) is 24.3. The maximum Gasteiger partial charge on any atom is 0.411 e. The quantitative estimate of drug-likeness (QED) is 0.0217. The zero-order valence-corrected chi connectivity index (χ0v) is 42.9. The highest BCUT2D eigenvalue weighted by atomic mass is 16.6. The number of nitrogens with one attached hydrogen (secondary N) is 5. The SMILES string of the molecule is C=C(C)C(=O)OCCOC(=O)Cc1cccc(NC(=O)OCC(CC)(COC(=O)Nc2cccc(NC(=O)OCCOC(=O)C(=C)C)c2C)COC(=O)Nc2cccc(NC(=O)OCCOC(=O)C(=C)C)c2C)c1C. The molecule has 0 bridgehead atoms. The minimum Gasteiger partial charge on any atom is -0.462 e. The van der Waals surface area contributed by atoms with Crippen LogP contribution in [0.2, 0.25) is 0 Å². The van der Waals surface area contributed by atoms with Crippen molar-refractivity contribution in [2.45, 2.75) is 61.3 Å². The topological polar surface area (TPSA) is 297 Å². The first kappa shape index (κ1) is 60.4. The number of carbonyl (C=O) groups excluding carboxylic acids is 9. The van der Waals surface area contributed by atoms with Crippen LogP contribution in [0.25, 0.3) is 0 Å². The third-order valence-corrected chi connectivity index (χ3v) is 10.6.